The van der Waals surface area contributed by atoms with Gasteiger partial charge in [0.2, 0.25) is 0 Å². The molecule has 0 atom stereocenters. The third-order valence-electron chi connectivity index (χ3n) is 3.31. The Morgan fingerprint density at radius 3 is 2.85 bits per heavy atom. The average Bonchev–Trinajstić information content (AvgIpc) is 2.93. The Morgan fingerprint density at radius 2 is 1.90 bits per heavy atom. The molecule has 0 aliphatic rings. The number of benzene rings is 2. The van der Waals surface area contributed by atoms with Crippen LogP contribution >= 0.6 is 0 Å². The summed E-state index contributed by atoms with van der Waals surface area (Å²) in [6, 6.07) is 11.6. The smallest absolute Gasteiger partial charge is 0.159 e. The molecule has 0 saturated heterocycles. The molecule has 3 N–H and O–H groups in total. The SMILES string of the molecule is Nc1ccc2cnc(-c3ccc4[nH]ncc4c3)nc2c1. The largest absolute Gasteiger partial charge is 0.399 e. The first-order valence-electron chi connectivity index (χ1n) is 6.25. The number of H-pyrrole nitrogens is 1. The van der Waals surface area contributed by atoms with E-state index in [4.69, 9.17) is 5.73 Å². The highest BCUT2D eigenvalue weighted by atomic mass is 15.1. The van der Waals surface area contributed by atoms with Gasteiger partial charge in [-0.1, -0.05) is 0 Å². The number of hydrogen-bond acceptors (Lipinski definition) is 4. The van der Waals surface area contributed by atoms with Crippen LogP contribution in [0.15, 0.2) is 48.8 Å². The molecule has 0 amide bonds. The van der Waals surface area contributed by atoms with Crippen LogP contribution < -0.4 is 5.73 Å². The minimum absolute atomic E-state index is 0.686. The van der Waals surface area contributed by atoms with Gasteiger partial charge >= 0.3 is 0 Å². The minimum atomic E-state index is 0.686. The number of nitrogens with two attached hydrogens (primary N) is 1. The summed E-state index contributed by atoms with van der Waals surface area (Å²) < 4.78 is 0. The molecule has 2 aromatic carbocycles. The first-order valence-corrected chi connectivity index (χ1v) is 6.25. The molecule has 0 spiro atoms. The second-order valence-corrected chi connectivity index (χ2v) is 4.68. The number of aromatic amines is 1. The van der Waals surface area contributed by atoms with Crippen molar-refractivity contribution in [2.75, 3.05) is 5.73 Å². The molecule has 0 fully saturated rings. The van der Waals surface area contributed by atoms with Crippen molar-refractivity contribution in [3.05, 3.63) is 48.8 Å². The van der Waals surface area contributed by atoms with Crippen LogP contribution in [0, 0.1) is 0 Å². The number of nitrogens with one attached hydrogen (secondary N) is 1. The summed E-state index contributed by atoms with van der Waals surface area (Å²) in [6.07, 6.45) is 3.61. The zero-order valence-electron chi connectivity index (χ0n) is 10.5. The van der Waals surface area contributed by atoms with E-state index in [1.165, 1.54) is 0 Å². The molecule has 20 heavy (non-hydrogen) atoms. The second kappa shape index (κ2) is 4.03. The van der Waals surface area contributed by atoms with Crippen LogP contribution in [0.4, 0.5) is 5.69 Å². The summed E-state index contributed by atoms with van der Waals surface area (Å²) in [6.45, 7) is 0. The Morgan fingerprint density at radius 1 is 0.950 bits per heavy atom. The molecular weight excluding hydrogens is 250 g/mol. The van der Waals surface area contributed by atoms with Crippen molar-refractivity contribution in [2.24, 2.45) is 0 Å². The summed E-state index contributed by atoms with van der Waals surface area (Å²) in [7, 11) is 0. The molecule has 2 aromatic heterocycles. The maximum atomic E-state index is 5.80. The van der Waals surface area contributed by atoms with Gasteiger partial charge in [0.25, 0.3) is 0 Å². The van der Waals surface area contributed by atoms with E-state index in [0.29, 0.717) is 11.5 Å². The van der Waals surface area contributed by atoms with Crippen LogP contribution in [-0.2, 0) is 0 Å². The van der Waals surface area contributed by atoms with Crippen molar-refractivity contribution in [2.45, 2.75) is 0 Å². The summed E-state index contributed by atoms with van der Waals surface area (Å²) in [4.78, 5) is 8.99. The highest BCUT2D eigenvalue weighted by Gasteiger charge is 2.05. The normalized spacial score (nSPS) is 11.2. The molecule has 0 bridgehead atoms. The third-order valence-corrected chi connectivity index (χ3v) is 3.31. The van der Waals surface area contributed by atoms with E-state index in [0.717, 1.165) is 27.4 Å². The van der Waals surface area contributed by atoms with Gasteiger partial charge in [0, 0.05) is 28.2 Å². The summed E-state index contributed by atoms with van der Waals surface area (Å²) in [5.41, 5.74) is 9.31. The van der Waals surface area contributed by atoms with Crippen LogP contribution in [0.25, 0.3) is 33.2 Å². The first kappa shape index (κ1) is 10.9. The Hall–Kier alpha value is -2.95. The van der Waals surface area contributed by atoms with E-state index in [9.17, 15) is 0 Å². The van der Waals surface area contributed by atoms with Gasteiger partial charge in [-0.2, -0.15) is 5.10 Å². The van der Waals surface area contributed by atoms with Crippen molar-refractivity contribution in [3.8, 4) is 11.4 Å². The van der Waals surface area contributed by atoms with Crippen molar-refractivity contribution >= 4 is 27.5 Å². The van der Waals surface area contributed by atoms with E-state index < -0.39 is 0 Å². The maximum Gasteiger partial charge on any atom is 0.159 e. The highest BCUT2D eigenvalue weighted by molar-refractivity contribution is 5.85. The number of aromatic nitrogens is 4. The zero-order valence-corrected chi connectivity index (χ0v) is 10.5. The molecule has 4 rings (SSSR count). The number of nitrogen functional groups attached to an aromatic ring is 1. The molecule has 0 aliphatic heterocycles. The van der Waals surface area contributed by atoms with Crippen LogP contribution in [0.1, 0.15) is 0 Å². The molecule has 2 heterocycles. The molecule has 0 unspecified atom stereocenters. The van der Waals surface area contributed by atoms with Gasteiger partial charge in [-0.25, -0.2) is 9.97 Å². The van der Waals surface area contributed by atoms with Crippen molar-refractivity contribution < 1.29 is 0 Å². The lowest BCUT2D eigenvalue weighted by Gasteiger charge is -2.03. The van der Waals surface area contributed by atoms with Crippen molar-refractivity contribution in [3.63, 3.8) is 0 Å². The highest BCUT2D eigenvalue weighted by Crippen LogP contribution is 2.23. The second-order valence-electron chi connectivity index (χ2n) is 4.68. The van der Waals surface area contributed by atoms with E-state index in [-0.39, 0.29) is 0 Å². The molecule has 0 saturated carbocycles. The maximum absolute atomic E-state index is 5.80. The summed E-state index contributed by atoms with van der Waals surface area (Å²) in [5.74, 6) is 0.686. The van der Waals surface area contributed by atoms with Gasteiger partial charge in [-0.05, 0) is 36.4 Å². The zero-order chi connectivity index (χ0) is 13.5. The van der Waals surface area contributed by atoms with Crippen molar-refractivity contribution in [1.29, 1.82) is 0 Å². The van der Waals surface area contributed by atoms with Gasteiger partial charge in [0.15, 0.2) is 5.82 Å². The van der Waals surface area contributed by atoms with E-state index in [1.54, 1.807) is 6.20 Å². The minimum Gasteiger partial charge on any atom is -0.399 e. The third kappa shape index (κ3) is 1.68. The Kier molecular flexibility index (Phi) is 2.20. The average molecular weight is 261 g/mol. The molecule has 0 aliphatic carbocycles. The predicted octanol–water partition coefficient (Wildman–Crippen LogP) is 2.76. The number of fused-ring (bicyclic) bond motifs is 2. The molecular formula is C15H11N5. The first-order chi connectivity index (χ1) is 9.79. The van der Waals surface area contributed by atoms with E-state index in [1.807, 2.05) is 42.6 Å². The molecule has 0 radical (unpaired) electrons. The lowest BCUT2D eigenvalue weighted by molar-refractivity contribution is 1.12. The van der Waals surface area contributed by atoms with Crippen LogP contribution in [0.3, 0.4) is 0 Å². The number of hydrogen-bond donors (Lipinski definition) is 2. The topological polar surface area (TPSA) is 80.5 Å². The van der Waals surface area contributed by atoms with Gasteiger partial charge in [-0.15, -0.1) is 0 Å². The number of anilines is 1. The molecule has 5 nitrogen and oxygen atoms in total. The predicted molar refractivity (Wildman–Crippen MR) is 79.0 cm³/mol. The van der Waals surface area contributed by atoms with Gasteiger partial charge in [0.1, 0.15) is 0 Å². The summed E-state index contributed by atoms with van der Waals surface area (Å²) in [5, 5.41) is 8.96. The van der Waals surface area contributed by atoms with Gasteiger partial charge in [0.05, 0.1) is 17.2 Å². The Labute approximate surface area is 114 Å². The van der Waals surface area contributed by atoms with Crippen LogP contribution in [-0.4, -0.2) is 20.2 Å². The van der Waals surface area contributed by atoms with Crippen LogP contribution in [0.2, 0.25) is 0 Å². The van der Waals surface area contributed by atoms with Gasteiger partial charge in [-0.3, -0.25) is 5.10 Å². The number of nitrogens with zero attached hydrogens (tertiary/aromatic N) is 3. The van der Waals surface area contributed by atoms with Gasteiger partial charge < -0.3 is 5.73 Å². The monoisotopic (exact) mass is 261 g/mol. The van der Waals surface area contributed by atoms with Crippen LogP contribution in [0.5, 0.6) is 0 Å². The lowest BCUT2D eigenvalue weighted by Crippen LogP contribution is -1.91. The fourth-order valence-corrected chi connectivity index (χ4v) is 2.26. The fraction of sp³-hybridized carbons (Fsp3) is 0. The van der Waals surface area contributed by atoms with E-state index >= 15 is 0 Å². The Balaban J connectivity index is 1.91. The Bertz CT molecular complexity index is 926. The lowest BCUT2D eigenvalue weighted by atomic mass is 10.1. The molecule has 5 heteroatoms. The molecule has 96 valence electrons. The number of rotatable bonds is 1. The van der Waals surface area contributed by atoms with E-state index in [2.05, 4.69) is 20.2 Å². The summed E-state index contributed by atoms with van der Waals surface area (Å²) >= 11 is 0. The quantitative estimate of drug-likeness (QED) is 0.516. The fourth-order valence-electron chi connectivity index (χ4n) is 2.26. The molecule has 4 aromatic rings. The van der Waals surface area contributed by atoms with Crippen molar-refractivity contribution in [1.82, 2.24) is 20.2 Å². The standard InChI is InChI=1S/C15H11N5/c16-12-3-1-10-7-17-15(19-14(10)6-12)9-2-4-13-11(5-9)8-18-20-13/h1-8H,16H2,(H,18,20).